The second-order valence-electron chi connectivity index (χ2n) is 7.99. The van der Waals surface area contributed by atoms with Crippen molar-refractivity contribution in [1.29, 1.82) is 0 Å². The van der Waals surface area contributed by atoms with Crippen LogP contribution in [0.1, 0.15) is 0 Å². The fraction of sp³-hybridized carbons (Fsp3) is 0. The topological polar surface area (TPSA) is 161 Å². The smallest absolute Gasteiger partial charge is 0.236 e. The van der Waals surface area contributed by atoms with E-state index in [2.05, 4.69) is 60.8 Å². The molecule has 0 radical (unpaired) electrons. The quantitative estimate of drug-likeness (QED) is 0.200. The van der Waals surface area contributed by atoms with E-state index in [1.165, 1.54) is 0 Å². The van der Waals surface area contributed by atoms with E-state index < -0.39 is 0 Å². The molecule has 174 valence electrons. The summed E-state index contributed by atoms with van der Waals surface area (Å²) in [5.41, 5.74) is 5.18. The van der Waals surface area contributed by atoms with Crippen molar-refractivity contribution in [3.63, 3.8) is 0 Å². The summed E-state index contributed by atoms with van der Waals surface area (Å²) in [6.45, 7) is 0. The first-order valence-corrected chi connectivity index (χ1v) is 11.2. The number of nitrogens with one attached hydrogen (secondary N) is 6. The number of anilines is 6. The highest BCUT2D eigenvalue weighted by Crippen LogP contribution is 2.22. The van der Waals surface area contributed by atoms with Gasteiger partial charge in [-0.1, -0.05) is 36.4 Å². The van der Waals surface area contributed by atoms with E-state index in [0.717, 1.165) is 33.1 Å². The van der Waals surface area contributed by atoms with Crippen molar-refractivity contribution in [2.45, 2.75) is 0 Å². The lowest BCUT2D eigenvalue weighted by Gasteiger charge is -2.08. The van der Waals surface area contributed by atoms with Gasteiger partial charge in [0.1, 0.15) is 0 Å². The number of imidazole rings is 3. The molecule has 36 heavy (non-hydrogen) atoms. The summed E-state index contributed by atoms with van der Waals surface area (Å²) in [5.74, 6) is 2.36. The van der Waals surface area contributed by atoms with E-state index in [0.29, 0.717) is 17.8 Å². The van der Waals surface area contributed by atoms with Crippen LogP contribution in [0.3, 0.4) is 0 Å². The van der Waals surface area contributed by atoms with Crippen molar-refractivity contribution in [1.82, 2.24) is 44.9 Å². The molecule has 12 heteroatoms. The van der Waals surface area contributed by atoms with E-state index >= 15 is 0 Å². The number of para-hydroxylation sites is 6. The average Bonchev–Trinajstić information content (AvgIpc) is 3.58. The number of fused-ring (bicyclic) bond motifs is 3. The van der Waals surface area contributed by atoms with Gasteiger partial charge in [0.05, 0.1) is 33.1 Å². The summed E-state index contributed by atoms with van der Waals surface area (Å²) in [6.07, 6.45) is 0. The molecule has 0 unspecified atom stereocenters. The molecule has 0 fully saturated rings. The van der Waals surface area contributed by atoms with Crippen LogP contribution in [0.5, 0.6) is 0 Å². The third-order valence-electron chi connectivity index (χ3n) is 5.49. The SMILES string of the molecule is c1ccc2[nH]c(Nc3nc(Nc4nc5ccccc5[nH]4)nc(Nc4nc5ccccc5[nH]4)n3)nc2c1. The van der Waals surface area contributed by atoms with Gasteiger partial charge in [0.2, 0.25) is 35.7 Å². The summed E-state index contributed by atoms with van der Waals surface area (Å²) in [7, 11) is 0. The molecule has 0 saturated heterocycles. The lowest BCUT2D eigenvalue weighted by Crippen LogP contribution is -2.08. The maximum absolute atomic E-state index is 4.55. The van der Waals surface area contributed by atoms with Crippen LogP contribution in [0.2, 0.25) is 0 Å². The molecule has 0 aliphatic rings. The van der Waals surface area contributed by atoms with Crippen LogP contribution in [0.4, 0.5) is 35.7 Å². The molecule has 4 heterocycles. The molecule has 0 atom stereocenters. The number of benzene rings is 3. The summed E-state index contributed by atoms with van der Waals surface area (Å²) in [4.78, 5) is 36.8. The van der Waals surface area contributed by atoms with E-state index in [1.807, 2.05) is 72.8 Å². The third kappa shape index (κ3) is 3.77. The average molecular weight is 474 g/mol. The molecule has 0 aliphatic carbocycles. The number of hydrogen-bond donors (Lipinski definition) is 6. The summed E-state index contributed by atoms with van der Waals surface area (Å²) >= 11 is 0. The molecule has 4 aromatic heterocycles. The first kappa shape index (κ1) is 19.9. The molecule has 0 saturated carbocycles. The normalized spacial score (nSPS) is 11.3. The van der Waals surface area contributed by atoms with Crippen molar-refractivity contribution in [2.75, 3.05) is 16.0 Å². The number of aromatic nitrogens is 9. The Morgan fingerprint density at radius 3 is 1.00 bits per heavy atom. The maximum atomic E-state index is 4.55. The van der Waals surface area contributed by atoms with Crippen molar-refractivity contribution in [3.8, 4) is 0 Å². The Bertz CT molecular complexity index is 1520. The van der Waals surface area contributed by atoms with Crippen molar-refractivity contribution < 1.29 is 0 Å². The zero-order valence-electron chi connectivity index (χ0n) is 18.6. The predicted molar refractivity (Wildman–Crippen MR) is 138 cm³/mol. The van der Waals surface area contributed by atoms with Crippen LogP contribution < -0.4 is 16.0 Å². The Hall–Kier alpha value is -5.52. The second kappa shape index (κ2) is 8.06. The van der Waals surface area contributed by atoms with E-state index in [-0.39, 0.29) is 17.8 Å². The molecule has 3 aromatic carbocycles. The van der Waals surface area contributed by atoms with E-state index in [1.54, 1.807) is 0 Å². The standard InChI is InChI=1S/C24H18N12/c1-2-8-14-13(7-1)25-19(26-14)31-22-34-23(32-20-27-15-9-3-4-10-16(15)28-20)36-24(35-22)33-21-29-17-11-5-6-12-18(17)30-21/h1-12H,(H6,25,26,27,28,29,30,31,32,33,34,35,36). The largest absolute Gasteiger partial charge is 0.324 e. The molecule has 12 nitrogen and oxygen atoms in total. The number of rotatable bonds is 6. The van der Waals surface area contributed by atoms with Gasteiger partial charge in [0, 0.05) is 0 Å². The third-order valence-corrected chi connectivity index (χ3v) is 5.49. The molecule has 0 amide bonds. The highest BCUT2D eigenvalue weighted by molar-refractivity contribution is 5.80. The zero-order valence-corrected chi connectivity index (χ0v) is 18.6. The number of aromatic amines is 3. The highest BCUT2D eigenvalue weighted by Gasteiger charge is 2.13. The van der Waals surface area contributed by atoms with E-state index in [4.69, 9.17) is 0 Å². The van der Waals surface area contributed by atoms with Crippen molar-refractivity contribution >= 4 is 68.8 Å². The Morgan fingerprint density at radius 1 is 0.389 bits per heavy atom. The molecule has 0 spiro atoms. The first-order chi connectivity index (χ1) is 17.7. The van der Waals surface area contributed by atoms with Gasteiger partial charge in [-0.2, -0.15) is 15.0 Å². The summed E-state index contributed by atoms with van der Waals surface area (Å²) in [6, 6.07) is 23.2. The first-order valence-electron chi connectivity index (χ1n) is 11.2. The molecule has 0 bridgehead atoms. The Balaban J connectivity index is 1.24. The molecule has 6 N–H and O–H groups in total. The fourth-order valence-corrected chi connectivity index (χ4v) is 3.90. The minimum absolute atomic E-state index is 0.279. The van der Waals surface area contributed by atoms with Gasteiger partial charge < -0.3 is 15.0 Å². The Morgan fingerprint density at radius 2 is 0.694 bits per heavy atom. The molecular weight excluding hydrogens is 456 g/mol. The van der Waals surface area contributed by atoms with Gasteiger partial charge >= 0.3 is 0 Å². The van der Waals surface area contributed by atoms with Crippen molar-refractivity contribution in [2.24, 2.45) is 0 Å². The van der Waals surface area contributed by atoms with Gasteiger partial charge in [0.25, 0.3) is 0 Å². The maximum Gasteiger partial charge on any atom is 0.236 e. The molecule has 7 rings (SSSR count). The van der Waals surface area contributed by atoms with Crippen LogP contribution in [-0.2, 0) is 0 Å². The lowest BCUT2D eigenvalue weighted by atomic mass is 10.3. The Kier molecular flexibility index (Phi) is 4.45. The predicted octanol–water partition coefficient (Wildman–Crippen LogP) is 4.73. The molecular formula is C24H18N12. The lowest BCUT2D eigenvalue weighted by molar-refractivity contribution is 1.04. The van der Waals surface area contributed by atoms with Crippen LogP contribution in [-0.4, -0.2) is 44.9 Å². The van der Waals surface area contributed by atoms with Gasteiger partial charge in [0.15, 0.2) is 0 Å². The van der Waals surface area contributed by atoms with Gasteiger partial charge in [-0.3, -0.25) is 16.0 Å². The highest BCUT2D eigenvalue weighted by atomic mass is 15.3. The number of H-pyrrole nitrogens is 3. The Labute approximate surface area is 202 Å². The van der Waals surface area contributed by atoms with Crippen LogP contribution in [0.15, 0.2) is 72.8 Å². The van der Waals surface area contributed by atoms with Crippen LogP contribution in [0.25, 0.3) is 33.1 Å². The molecule has 7 aromatic rings. The van der Waals surface area contributed by atoms with Gasteiger partial charge in [-0.15, -0.1) is 0 Å². The monoisotopic (exact) mass is 474 g/mol. The van der Waals surface area contributed by atoms with Crippen LogP contribution in [0, 0.1) is 0 Å². The summed E-state index contributed by atoms with van der Waals surface area (Å²) in [5, 5.41) is 9.39. The molecule has 0 aliphatic heterocycles. The minimum atomic E-state index is 0.279. The van der Waals surface area contributed by atoms with Gasteiger partial charge in [-0.25, -0.2) is 15.0 Å². The van der Waals surface area contributed by atoms with Crippen LogP contribution >= 0.6 is 0 Å². The summed E-state index contributed by atoms with van der Waals surface area (Å²) < 4.78 is 0. The second-order valence-corrected chi connectivity index (χ2v) is 7.99. The van der Waals surface area contributed by atoms with E-state index in [9.17, 15) is 0 Å². The van der Waals surface area contributed by atoms with Gasteiger partial charge in [-0.05, 0) is 36.4 Å². The minimum Gasteiger partial charge on any atom is -0.324 e. The fourth-order valence-electron chi connectivity index (χ4n) is 3.90. The number of hydrogen-bond acceptors (Lipinski definition) is 9. The van der Waals surface area contributed by atoms with Crippen molar-refractivity contribution in [3.05, 3.63) is 72.8 Å². The number of nitrogens with zero attached hydrogens (tertiary/aromatic N) is 6. The zero-order chi connectivity index (χ0) is 23.9.